The maximum Gasteiger partial charge on any atom is 0.339 e. The first-order valence-corrected chi connectivity index (χ1v) is 4.32. The fourth-order valence-corrected chi connectivity index (χ4v) is 1.52. The van der Waals surface area contributed by atoms with Gasteiger partial charge >= 0.3 is 5.63 Å². The van der Waals surface area contributed by atoms with E-state index in [9.17, 15) is 9.90 Å². The maximum absolute atomic E-state index is 11.0. The van der Waals surface area contributed by atoms with Crippen molar-refractivity contribution >= 4 is 11.0 Å². The van der Waals surface area contributed by atoms with Gasteiger partial charge in [-0.3, -0.25) is 0 Å². The van der Waals surface area contributed by atoms with Gasteiger partial charge in [0.15, 0.2) is 0 Å². The highest BCUT2D eigenvalue weighted by Crippen LogP contribution is 2.27. The summed E-state index contributed by atoms with van der Waals surface area (Å²) in [4.78, 5) is 11.0. The molecule has 1 heterocycles. The van der Waals surface area contributed by atoms with Crippen LogP contribution in [0, 0.1) is 13.8 Å². The predicted molar refractivity (Wildman–Crippen MR) is 53.6 cm³/mol. The Morgan fingerprint density at radius 1 is 1.29 bits per heavy atom. The summed E-state index contributed by atoms with van der Waals surface area (Å²) in [5, 5.41) is 10.2. The first-order chi connectivity index (χ1) is 6.59. The van der Waals surface area contributed by atoms with E-state index in [4.69, 9.17) is 4.42 Å². The summed E-state index contributed by atoms with van der Waals surface area (Å²) in [6, 6.07) is 4.65. The molecule has 2 aromatic rings. The molecule has 0 saturated carbocycles. The Balaban J connectivity index is 3.03. The molecule has 0 saturated heterocycles. The molecule has 0 unspecified atom stereocenters. The highest BCUT2D eigenvalue weighted by atomic mass is 16.4. The van der Waals surface area contributed by atoms with Crippen molar-refractivity contribution in [1.29, 1.82) is 0 Å². The molecule has 0 radical (unpaired) electrons. The lowest BCUT2D eigenvalue weighted by Gasteiger charge is -2.05. The minimum atomic E-state index is -0.529. The van der Waals surface area contributed by atoms with Gasteiger partial charge in [-0.2, -0.15) is 0 Å². The number of benzene rings is 1. The smallest absolute Gasteiger partial charge is 0.339 e. The second-order valence-electron chi connectivity index (χ2n) is 3.33. The Morgan fingerprint density at radius 2 is 2.00 bits per heavy atom. The van der Waals surface area contributed by atoms with Crippen LogP contribution in [0.4, 0.5) is 0 Å². The van der Waals surface area contributed by atoms with Crippen LogP contribution in [0.25, 0.3) is 11.0 Å². The molecule has 0 spiro atoms. The van der Waals surface area contributed by atoms with Gasteiger partial charge in [-0.05, 0) is 31.0 Å². The van der Waals surface area contributed by atoms with E-state index >= 15 is 0 Å². The molecule has 0 aliphatic heterocycles. The molecule has 0 aliphatic carbocycles. The molecule has 3 heteroatoms. The highest BCUT2D eigenvalue weighted by Gasteiger charge is 2.08. The van der Waals surface area contributed by atoms with E-state index < -0.39 is 5.63 Å². The number of hydrogen-bond acceptors (Lipinski definition) is 3. The van der Waals surface area contributed by atoms with Crippen LogP contribution in [0.1, 0.15) is 11.1 Å². The Morgan fingerprint density at radius 3 is 2.71 bits per heavy atom. The number of aromatic hydroxyl groups is 1. The maximum atomic E-state index is 11.0. The van der Waals surface area contributed by atoms with E-state index in [1.165, 1.54) is 0 Å². The molecule has 72 valence electrons. The van der Waals surface area contributed by atoms with Gasteiger partial charge in [-0.15, -0.1) is 0 Å². The van der Waals surface area contributed by atoms with Gasteiger partial charge in [0.2, 0.25) is 0 Å². The molecule has 1 aromatic heterocycles. The van der Waals surface area contributed by atoms with Gasteiger partial charge in [-0.25, -0.2) is 4.79 Å². The molecule has 2 rings (SSSR count). The summed E-state index contributed by atoms with van der Waals surface area (Å²) in [5.41, 5.74) is 1.89. The van der Waals surface area contributed by atoms with Gasteiger partial charge < -0.3 is 9.52 Å². The van der Waals surface area contributed by atoms with Crippen molar-refractivity contribution in [2.24, 2.45) is 0 Å². The Bertz CT molecular complexity index is 552. The molecule has 14 heavy (non-hydrogen) atoms. The quantitative estimate of drug-likeness (QED) is 0.647. The normalized spacial score (nSPS) is 10.7. The average molecular weight is 190 g/mol. The topological polar surface area (TPSA) is 50.4 Å². The van der Waals surface area contributed by atoms with Gasteiger partial charge in [0.25, 0.3) is 0 Å². The molecular formula is C11H10O3. The third-order valence-electron chi connectivity index (χ3n) is 2.42. The molecule has 0 aliphatic rings. The van der Waals surface area contributed by atoms with Crippen LogP contribution in [0.3, 0.4) is 0 Å². The highest BCUT2D eigenvalue weighted by molar-refractivity contribution is 5.87. The summed E-state index contributed by atoms with van der Waals surface area (Å²) < 4.78 is 4.96. The van der Waals surface area contributed by atoms with Gasteiger partial charge in [-0.1, -0.05) is 6.07 Å². The number of rotatable bonds is 0. The summed E-state index contributed by atoms with van der Waals surface area (Å²) >= 11 is 0. The molecular weight excluding hydrogens is 180 g/mol. The molecule has 1 aromatic carbocycles. The van der Waals surface area contributed by atoms with Gasteiger partial charge in [0, 0.05) is 0 Å². The first kappa shape index (κ1) is 8.81. The number of hydrogen-bond donors (Lipinski definition) is 1. The fraction of sp³-hybridized carbons (Fsp3) is 0.182. The van der Waals surface area contributed by atoms with E-state index in [1.54, 1.807) is 6.07 Å². The van der Waals surface area contributed by atoms with Crippen molar-refractivity contribution in [2.75, 3.05) is 0 Å². The van der Waals surface area contributed by atoms with Crippen LogP contribution in [0.5, 0.6) is 5.75 Å². The molecule has 0 atom stereocenters. The summed E-state index contributed by atoms with van der Waals surface area (Å²) in [6.45, 7) is 3.83. The lowest BCUT2D eigenvalue weighted by Crippen LogP contribution is -1.96. The second-order valence-corrected chi connectivity index (χ2v) is 3.33. The molecule has 0 fully saturated rings. The average Bonchev–Trinajstić information content (AvgIpc) is 2.10. The number of aryl methyl sites for hydroxylation is 2. The largest absolute Gasteiger partial charge is 0.507 e. The van der Waals surface area contributed by atoms with Gasteiger partial charge in [0.05, 0.1) is 11.5 Å². The van der Waals surface area contributed by atoms with E-state index in [0.29, 0.717) is 11.0 Å². The van der Waals surface area contributed by atoms with Crippen molar-refractivity contribution in [3.63, 3.8) is 0 Å². The zero-order chi connectivity index (χ0) is 10.3. The van der Waals surface area contributed by atoms with Crippen LogP contribution in [-0.2, 0) is 0 Å². The van der Waals surface area contributed by atoms with Crippen LogP contribution in [-0.4, -0.2) is 5.11 Å². The van der Waals surface area contributed by atoms with Crippen LogP contribution in [0.15, 0.2) is 27.4 Å². The molecule has 0 amide bonds. The SMILES string of the molecule is Cc1ccc2oc(=O)cc(O)c2c1C. The lowest BCUT2D eigenvalue weighted by molar-refractivity contribution is 0.467. The van der Waals surface area contributed by atoms with E-state index in [1.807, 2.05) is 19.9 Å². The van der Waals surface area contributed by atoms with Crippen molar-refractivity contribution in [1.82, 2.24) is 0 Å². The fourth-order valence-electron chi connectivity index (χ4n) is 1.52. The van der Waals surface area contributed by atoms with E-state index in [2.05, 4.69) is 0 Å². The molecule has 0 bridgehead atoms. The predicted octanol–water partition coefficient (Wildman–Crippen LogP) is 2.12. The zero-order valence-corrected chi connectivity index (χ0v) is 8.00. The van der Waals surface area contributed by atoms with Gasteiger partial charge in [0.1, 0.15) is 11.3 Å². The van der Waals surface area contributed by atoms with E-state index in [0.717, 1.165) is 17.2 Å². The van der Waals surface area contributed by atoms with Crippen LogP contribution in [0.2, 0.25) is 0 Å². The van der Waals surface area contributed by atoms with Crippen LogP contribution < -0.4 is 5.63 Å². The minimum absolute atomic E-state index is 0.0162. The van der Waals surface area contributed by atoms with Crippen molar-refractivity contribution < 1.29 is 9.52 Å². The molecule has 3 nitrogen and oxygen atoms in total. The minimum Gasteiger partial charge on any atom is -0.507 e. The third kappa shape index (κ3) is 1.18. The lowest BCUT2D eigenvalue weighted by atomic mass is 10.0. The summed E-state index contributed by atoms with van der Waals surface area (Å²) in [7, 11) is 0. The summed E-state index contributed by atoms with van der Waals surface area (Å²) in [6.07, 6.45) is 0. The third-order valence-corrected chi connectivity index (χ3v) is 2.42. The zero-order valence-electron chi connectivity index (χ0n) is 8.00. The second kappa shape index (κ2) is 2.87. The van der Waals surface area contributed by atoms with Crippen molar-refractivity contribution in [3.05, 3.63) is 39.7 Å². The molecule has 1 N–H and O–H groups in total. The van der Waals surface area contributed by atoms with Crippen LogP contribution >= 0.6 is 0 Å². The standard InChI is InChI=1S/C11H10O3/c1-6-3-4-9-11(7(6)2)8(12)5-10(13)14-9/h3-5,12H,1-2H3. The first-order valence-electron chi connectivity index (χ1n) is 4.32. The van der Waals surface area contributed by atoms with Crippen molar-refractivity contribution in [3.8, 4) is 5.75 Å². The monoisotopic (exact) mass is 190 g/mol. The Hall–Kier alpha value is -1.77. The summed E-state index contributed by atoms with van der Waals surface area (Å²) in [5.74, 6) is -0.0162. The van der Waals surface area contributed by atoms with E-state index in [-0.39, 0.29) is 5.75 Å². The Labute approximate surface area is 80.6 Å². The Kier molecular flexibility index (Phi) is 1.81. The number of fused-ring (bicyclic) bond motifs is 1. The van der Waals surface area contributed by atoms with Crippen molar-refractivity contribution in [2.45, 2.75) is 13.8 Å².